The molecule has 136 valence electrons. The molecule has 1 aliphatic carbocycles. The van der Waals surface area contributed by atoms with Crippen LogP contribution in [-0.2, 0) is 6.54 Å². The van der Waals surface area contributed by atoms with Crippen LogP contribution < -0.4 is 0 Å². The largest absolute Gasteiger partial charge is 0.478 e. The number of likely N-dealkylation sites (N-methyl/N-ethyl adjacent to an activating group) is 1. The number of hydrogen-bond donors (Lipinski definition) is 2. The third-order valence-electron chi connectivity index (χ3n) is 5.24. The van der Waals surface area contributed by atoms with Crippen LogP contribution in [0.3, 0.4) is 0 Å². The van der Waals surface area contributed by atoms with E-state index in [4.69, 9.17) is 0 Å². The van der Waals surface area contributed by atoms with Crippen LogP contribution in [0.1, 0.15) is 53.9 Å². The fraction of sp³-hybridized carbons (Fsp3) is 0.526. The molecule has 0 bridgehead atoms. The minimum Gasteiger partial charge on any atom is -0.478 e. The molecule has 0 radical (unpaired) electrons. The fourth-order valence-electron chi connectivity index (χ4n) is 3.76. The third-order valence-corrected chi connectivity index (χ3v) is 6.10. The van der Waals surface area contributed by atoms with Crippen molar-refractivity contribution in [2.75, 3.05) is 14.1 Å². The summed E-state index contributed by atoms with van der Waals surface area (Å²) in [6, 6.07) is 5.32. The molecule has 2 N–H and O–H groups in total. The lowest BCUT2D eigenvalue weighted by molar-refractivity contribution is 0.0265. The number of aliphatic hydroxyl groups is 1. The van der Waals surface area contributed by atoms with Crippen LogP contribution in [0.2, 0.25) is 0 Å². The van der Waals surface area contributed by atoms with Crippen molar-refractivity contribution in [1.29, 1.82) is 0 Å². The second-order valence-corrected chi connectivity index (χ2v) is 7.88. The standard InChI is InChI=1S/C19H25BrN2O3/c1-21(2)16(23)11-22-15-10-13(19(24)25)8-9-14(15)17(18(22)20)12-6-4-3-5-7-12/h8-10,12,16,23H,3-7,11H2,1-2H3,(H,24,25). The van der Waals surface area contributed by atoms with E-state index in [9.17, 15) is 15.0 Å². The number of halogens is 1. The van der Waals surface area contributed by atoms with Gasteiger partial charge in [-0.15, -0.1) is 0 Å². The smallest absolute Gasteiger partial charge is 0.335 e. The maximum atomic E-state index is 11.4. The quantitative estimate of drug-likeness (QED) is 0.732. The highest BCUT2D eigenvalue weighted by Crippen LogP contribution is 2.42. The van der Waals surface area contributed by atoms with Gasteiger partial charge in [0.25, 0.3) is 0 Å². The minimum atomic E-state index is -0.932. The van der Waals surface area contributed by atoms with Crippen LogP contribution in [-0.4, -0.2) is 46.0 Å². The van der Waals surface area contributed by atoms with Crippen LogP contribution >= 0.6 is 15.9 Å². The summed E-state index contributed by atoms with van der Waals surface area (Å²) in [5, 5.41) is 20.8. The molecule has 6 heteroatoms. The Morgan fingerprint density at radius 2 is 2.00 bits per heavy atom. The van der Waals surface area contributed by atoms with Gasteiger partial charge in [0.05, 0.1) is 22.2 Å². The van der Waals surface area contributed by atoms with E-state index >= 15 is 0 Å². The summed E-state index contributed by atoms with van der Waals surface area (Å²) in [7, 11) is 3.66. The molecule has 0 saturated heterocycles. The van der Waals surface area contributed by atoms with Crippen LogP contribution in [0.15, 0.2) is 22.8 Å². The van der Waals surface area contributed by atoms with E-state index in [0.717, 1.165) is 28.3 Å². The van der Waals surface area contributed by atoms with Crippen molar-refractivity contribution < 1.29 is 15.0 Å². The highest BCUT2D eigenvalue weighted by molar-refractivity contribution is 9.10. The van der Waals surface area contributed by atoms with Crippen molar-refractivity contribution in [3.63, 3.8) is 0 Å². The summed E-state index contributed by atoms with van der Waals surface area (Å²) in [5.41, 5.74) is 2.40. The molecule has 0 aliphatic heterocycles. The van der Waals surface area contributed by atoms with Crippen molar-refractivity contribution in [1.82, 2.24) is 9.47 Å². The first-order valence-electron chi connectivity index (χ1n) is 8.79. The Morgan fingerprint density at radius 1 is 1.32 bits per heavy atom. The van der Waals surface area contributed by atoms with Gasteiger partial charge >= 0.3 is 5.97 Å². The van der Waals surface area contributed by atoms with Crippen molar-refractivity contribution in [2.45, 2.75) is 50.8 Å². The molecule has 3 rings (SSSR count). The number of carboxylic acid groups (broad SMARTS) is 1. The van der Waals surface area contributed by atoms with Gasteiger partial charge < -0.3 is 14.8 Å². The summed E-state index contributed by atoms with van der Waals surface area (Å²) in [5.74, 6) is -0.447. The molecule has 1 aromatic heterocycles. The summed E-state index contributed by atoms with van der Waals surface area (Å²) in [4.78, 5) is 13.2. The fourth-order valence-corrected chi connectivity index (χ4v) is 4.64. The lowest BCUT2D eigenvalue weighted by atomic mass is 9.84. The van der Waals surface area contributed by atoms with E-state index in [2.05, 4.69) is 15.9 Å². The lowest BCUT2D eigenvalue weighted by Crippen LogP contribution is -2.31. The van der Waals surface area contributed by atoms with E-state index in [1.165, 1.54) is 24.8 Å². The number of carboxylic acids is 1. The topological polar surface area (TPSA) is 65.7 Å². The predicted molar refractivity (Wildman–Crippen MR) is 102 cm³/mol. The number of rotatable bonds is 5. The summed E-state index contributed by atoms with van der Waals surface area (Å²) < 4.78 is 2.98. The number of benzene rings is 1. The number of aromatic nitrogens is 1. The van der Waals surface area contributed by atoms with E-state index in [1.807, 2.05) is 24.7 Å². The molecule has 0 amide bonds. The predicted octanol–water partition coefficient (Wildman–Crippen LogP) is 4.03. The number of aromatic carboxylic acids is 1. The maximum absolute atomic E-state index is 11.4. The number of hydrogen-bond acceptors (Lipinski definition) is 3. The molecular formula is C19H25BrN2O3. The molecule has 0 spiro atoms. The molecule has 2 aromatic rings. The zero-order valence-corrected chi connectivity index (χ0v) is 16.3. The summed E-state index contributed by atoms with van der Waals surface area (Å²) in [6.45, 7) is 0.389. The van der Waals surface area contributed by atoms with Crippen molar-refractivity contribution in [2.24, 2.45) is 0 Å². The number of nitrogens with zero attached hydrogens (tertiary/aromatic N) is 2. The summed E-state index contributed by atoms with van der Waals surface area (Å²) in [6.07, 6.45) is 5.44. The SMILES string of the molecule is CN(C)C(O)Cn1c(Br)c(C2CCCCC2)c2ccc(C(=O)O)cc21. The van der Waals surface area contributed by atoms with Crippen molar-refractivity contribution >= 4 is 32.8 Å². The van der Waals surface area contributed by atoms with Gasteiger partial charge in [0.1, 0.15) is 6.23 Å². The van der Waals surface area contributed by atoms with Gasteiger partial charge in [-0.2, -0.15) is 0 Å². The first-order chi connectivity index (χ1) is 11.9. The Labute approximate surface area is 156 Å². The first kappa shape index (κ1) is 18.4. The van der Waals surface area contributed by atoms with Gasteiger partial charge in [-0.05, 0) is 66.5 Å². The number of fused-ring (bicyclic) bond motifs is 1. The van der Waals surface area contributed by atoms with Gasteiger partial charge in [-0.3, -0.25) is 4.90 Å². The maximum Gasteiger partial charge on any atom is 0.335 e. The Bertz CT molecular complexity index is 779. The Hall–Kier alpha value is -1.37. The number of carbonyl (C=O) groups is 1. The molecule has 5 nitrogen and oxygen atoms in total. The second-order valence-electron chi connectivity index (χ2n) is 7.13. The lowest BCUT2D eigenvalue weighted by Gasteiger charge is -2.23. The molecule has 1 heterocycles. The van der Waals surface area contributed by atoms with Crippen LogP contribution in [0.4, 0.5) is 0 Å². The molecule has 1 unspecified atom stereocenters. The molecule has 25 heavy (non-hydrogen) atoms. The monoisotopic (exact) mass is 408 g/mol. The van der Waals surface area contributed by atoms with Crippen LogP contribution in [0.25, 0.3) is 10.9 Å². The van der Waals surface area contributed by atoms with Crippen molar-refractivity contribution in [3.8, 4) is 0 Å². The second kappa shape index (κ2) is 7.48. The van der Waals surface area contributed by atoms with Crippen LogP contribution in [0, 0.1) is 0 Å². The average molecular weight is 409 g/mol. The zero-order valence-electron chi connectivity index (χ0n) is 14.7. The highest BCUT2D eigenvalue weighted by atomic mass is 79.9. The molecule has 1 aliphatic rings. The van der Waals surface area contributed by atoms with Gasteiger partial charge in [0, 0.05) is 5.39 Å². The molecule has 1 saturated carbocycles. The molecular weight excluding hydrogens is 384 g/mol. The minimum absolute atomic E-state index is 0.272. The molecule has 1 aromatic carbocycles. The van der Waals surface area contributed by atoms with Gasteiger partial charge in [-0.25, -0.2) is 4.79 Å². The molecule has 1 fully saturated rings. The third kappa shape index (κ3) is 3.61. The molecule has 1 atom stereocenters. The highest BCUT2D eigenvalue weighted by Gasteiger charge is 2.26. The van der Waals surface area contributed by atoms with E-state index in [0.29, 0.717) is 12.5 Å². The average Bonchev–Trinajstić information content (AvgIpc) is 2.86. The van der Waals surface area contributed by atoms with E-state index < -0.39 is 12.2 Å². The van der Waals surface area contributed by atoms with E-state index in [-0.39, 0.29) is 5.56 Å². The van der Waals surface area contributed by atoms with E-state index in [1.54, 1.807) is 17.0 Å². The number of aliphatic hydroxyl groups excluding tert-OH is 1. The van der Waals surface area contributed by atoms with Gasteiger partial charge in [0.2, 0.25) is 0 Å². The normalized spacial score (nSPS) is 17.3. The Kier molecular flexibility index (Phi) is 5.51. The van der Waals surface area contributed by atoms with Gasteiger partial charge in [0.15, 0.2) is 0 Å². The van der Waals surface area contributed by atoms with Crippen molar-refractivity contribution in [3.05, 3.63) is 33.9 Å². The Balaban J connectivity index is 2.15. The Morgan fingerprint density at radius 3 is 2.60 bits per heavy atom. The summed E-state index contributed by atoms with van der Waals surface area (Å²) >= 11 is 3.76. The first-order valence-corrected chi connectivity index (χ1v) is 9.59. The zero-order chi connectivity index (χ0) is 18.1. The van der Waals surface area contributed by atoms with Crippen LogP contribution in [0.5, 0.6) is 0 Å². The van der Waals surface area contributed by atoms with Gasteiger partial charge in [-0.1, -0.05) is 25.3 Å².